The molecule has 0 bridgehead atoms. The third kappa shape index (κ3) is 4.91. The predicted octanol–water partition coefficient (Wildman–Crippen LogP) is 3.07. The maximum atomic E-state index is 12.0. The summed E-state index contributed by atoms with van der Waals surface area (Å²) in [5, 5.41) is 13.9. The molecule has 1 heterocycles. The molecule has 0 aliphatic rings. The number of carbonyl (C=O) groups is 1. The van der Waals surface area contributed by atoms with Crippen molar-refractivity contribution in [2.45, 2.75) is 13.0 Å². The molecule has 108 valence electrons. The van der Waals surface area contributed by atoms with Gasteiger partial charge in [-0.2, -0.15) is 0 Å². The van der Waals surface area contributed by atoms with Crippen LogP contribution < -0.4 is 5.32 Å². The summed E-state index contributed by atoms with van der Waals surface area (Å²) in [5.41, 5.74) is 1.55. The molecule has 0 aliphatic carbocycles. The van der Waals surface area contributed by atoms with Crippen molar-refractivity contribution in [3.05, 3.63) is 56.7 Å². The first-order valence-corrected chi connectivity index (χ1v) is 7.65. The molecule has 0 saturated carbocycles. The molecule has 0 spiro atoms. The van der Waals surface area contributed by atoms with Crippen LogP contribution in [-0.2, 0) is 6.54 Å². The van der Waals surface area contributed by atoms with Gasteiger partial charge in [0.2, 0.25) is 0 Å². The molecule has 0 atom stereocenters. The smallest absolute Gasteiger partial charge is 0.252 e. The number of rotatable bonds is 4. The highest BCUT2D eigenvalue weighted by Gasteiger charge is 2.07. The fraction of sp³-hybridized carbons (Fsp3) is 0.188. The fourth-order valence-corrected chi connectivity index (χ4v) is 2.63. The summed E-state index contributed by atoms with van der Waals surface area (Å²) in [6.07, 6.45) is 0.439. The van der Waals surface area contributed by atoms with E-state index in [-0.39, 0.29) is 12.5 Å². The first-order chi connectivity index (χ1) is 10.2. The van der Waals surface area contributed by atoms with Crippen LogP contribution in [0.5, 0.6) is 0 Å². The third-order valence-electron chi connectivity index (χ3n) is 2.65. The van der Waals surface area contributed by atoms with E-state index in [1.807, 2.05) is 18.2 Å². The molecular formula is C16H14ClNO2S. The normalized spacial score (nSPS) is 9.81. The molecule has 2 rings (SSSR count). The van der Waals surface area contributed by atoms with Crippen molar-refractivity contribution in [3.63, 3.8) is 0 Å². The van der Waals surface area contributed by atoms with Crippen LogP contribution in [-0.4, -0.2) is 17.6 Å². The molecule has 0 radical (unpaired) electrons. The van der Waals surface area contributed by atoms with E-state index < -0.39 is 0 Å². The molecule has 3 nitrogen and oxygen atoms in total. The zero-order chi connectivity index (χ0) is 15.1. The van der Waals surface area contributed by atoms with E-state index >= 15 is 0 Å². The van der Waals surface area contributed by atoms with E-state index in [4.69, 9.17) is 16.7 Å². The molecule has 0 saturated heterocycles. The highest BCUT2D eigenvalue weighted by Crippen LogP contribution is 2.14. The quantitative estimate of drug-likeness (QED) is 0.851. The zero-order valence-electron chi connectivity index (χ0n) is 11.2. The van der Waals surface area contributed by atoms with Crippen molar-refractivity contribution >= 4 is 28.8 Å². The average Bonchev–Trinajstić information content (AvgIpc) is 2.94. The van der Waals surface area contributed by atoms with Gasteiger partial charge in [-0.1, -0.05) is 35.6 Å². The number of aliphatic hydroxyl groups excluding tert-OH is 1. The van der Waals surface area contributed by atoms with Crippen LogP contribution in [0.25, 0.3) is 0 Å². The summed E-state index contributed by atoms with van der Waals surface area (Å²) in [6.45, 7) is 0.478. The fourth-order valence-electron chi connectivity index (χ4n) is 1.66. The van der Waals surface area contributed by atoms with Gasteiger partial charge in [0.15, 0.2) is 0 Å². The number of benzene rings is 1. The Morgan fingerprint density at radius 2 is 2.24 bits per heavy atom. The summed E-state index contributed by atoms with van der Waals surface area (Å²) in [6, 6.07) is 9.13. The predicted molar refractivity (Wildman–Crippen MR) is 85.5 cm³/mol. The van der Waals surface area contributed by atoms with Crippen LogP contribution in [0.2, 0.25) is 5.02 Å². The number of hydrogen-bond acceptors (Lipinski definition) is 3. The molecule has 2 N–H and O–H groups in total. The minimum atomic E-state index is -0.138. The van der Waals surface area contributed by atoms with Crippen molar-refractivity contribution in [2.24, 2.45) is 0 Å². The number of thiophene rings is 1. The van der Waals surface area contributed by atoms with Crippen molar-refractivity contribution < 1.29 is 9.90 Å². The van der Waals surface area contributed by atoms with E-state index in [1.54, 1.807) is 17.5 Å². The highest BCUT2D eigenvalue weighted by molar-refractivity contribution is 7.10. The SMILES string of the molecule is O=C(NCc1cccc(Cl)c1)c1csc(C#CCCO)c1. The summed E-state index contributed by atoms with van der Waals surface area (Å²) < 4.78 is 0. The van der Waals surface area contributed by atoms with Crippen LogP contribution in [0.3, 0.4) is 0 Å². The Morgan fingerprint density at radius 1 is 1.38 bits per heavy atom. The minimum absolute atomic E-state index is 0.0470. The molecule has 0 unspecified atom stereocenters. The van der Waals surface area contributed by atoms with Crippen molar-refractivity contribution in [3.8, 4) is 11.8 Å². The first-order valence-electron chi connectivity index (χ1n) is 6.40. The average molecular weight is 320 g/mol. The van der Waals surface area contributed by atoms with E-state index in [0.29, 0.717) is 23.6 Å². The molecule has 0 fully saturated rings. The maximum absolute atomic E-state index is 12.0. The molecule has 1 aromatic carbocycles. The minimum Gasteiger partial charge on any atom is -0.395 e. The molecule has 5 heteroatoms. The van der Waals surface area contributed by atoms with Crippen LogP contribution in [0.4, 0.5) is 0 Å². The van der Waals surface area contributed by atoms with E-state index in [1.165, 1.54) is 11.3 Å². The molecule has 21 heavy (non-hydrogen) atoms. The van der Waals surface area contributed by atoms with Gasteiger partial charge in [0.25, 0.3) is 5.91 Å². The lowest BCUT2D eigenvalue weighted by Crippen LogP contribution is -2.22. The van der Waals surface area contributed by atoms with Crippen molar-refractivity contribution in [1.82, 2.24) is 5.32 Å². The molecular weight excluding hydrogens is 306 g/mol. The van der Waals surface area contributed by atoms with Crippen LogP contribution in [0, 0.1) is 11.8 Å². The molecule has 0 aliphatic heterocycles. The zero-order valence-corrected chi connectivity index (χ0v) is 12.8. The van der Waals surface area contributed by atoms with Gasteiger partial charge in [0.1, 0.15) is 0 Å². The third-order valence-corrected chi connectivity index (χ3v) is 3.73. The topological polar surface area (TPSA) is 49.3 Å². The van der Waals surface area contributed by atoms with Gasteiger partial charge in [0, 0.05) is 23.4 Å². The van der Waals surface area contributed by atoms with Gasteiger partial charge in [-0.25, -0.2) is 0 Å². The van der Waals surface area contributed by atoms with Gasteiger partial charge in [-0.05, 0) is 23.8 Å². The van der Waals surface area contributed by atoms with Crippen LogP contribution in [0.1, 0.15) is 27.2 Å². The number of hydrogen-bond donors (Lipinski definition) is 2. The van der Waals surface area contributed by atoms with E-state index in [9.17, 15) is 4.79 Å². The number of amides is 1. The first kappa shape index (κ1) is 15.6. The summed E-state index contributed by atoms with van der Waals surface area (Å²) in [7, 11) is 0. The lowest BCUT2D eigenvalue weighted by atomic mass is 10.2. The second-order valence-electron chi connectivity index (χ2n) is 4.29. The van der Waals surface area contributed by atoms with E-state index in [2.05, 4.69) is 17.2 Å². The Hall–Kier alpha value is -1.80. The van der Waals surface area contributed by atoms with Crippen molar-refractivity contribution in [1.29, 1.82) is 0 Å². The van der Waals surface area contributed by atoms with Gasteiger partial charge in [-0.3, -0.25) is 4.79 Å². The van der Waals surface area contributed by atoms with Gasteiger partial charge in [-0.15, -0.1) is 11.3 Å². The summed E-state index contributed by atoms with van der Waals surface area (Å²) in [4.78, 5) is 12.8. The lowest BCUT2D eigenvalue weighted by Gasteiger charge is -2.04. The van der Waals surface area contributed by atoms with Gasteiger partial charge < -0.3 is 10.4 Å². The summed E-state index contributed by atoms with van der Waals surface area (Å²) in [5.74, 6) is 5.61. The number of carbonyl (C=O) groups excluding carboxylic acids is 1. The number of nitrogens with one attached hydrogen (secondary N) is 1. The van der Waals surface area contributed by atoms with Crippen LogP contribution in [0.15, 0.2) is 35.7 Å². The largest absolute Gasteiger partial charge is 0.395 e. The maximum Gasteiger partial charge on any atom is 0.252 e. The Bertz CT molecular complexity index is 685. The molecule has 1 amide bonds. The van der Waals surface area contributed by atoms with E-state index in [0.717, 1.165) is 10.4 Å². The Morgan fingerprint density at radius 3 is 3.00 bits per heavy atom. The molecule has 2 aromatic rings. The van der Waals surface area contributed by atoms with Crippen molar-refractivity contribution in [2.75, 3.05) is 6.61 Å². The number of aliphatic hydroxyl groups is 1. The standard InChI is InChI=1S/C16H14ClNO2S/c17-14-5-3-4-12(8-14)10-18-16(20)13-9-15(21-11-13)6-1-2-7-19/h3-5,8-9,11,19H,2,7,10H2,(H,18,20). The lowest BCUT2D eigenvalue weighted by molar-refractivity contribution is 0.0951. The Labute approximate surface area is 132 Å². The Balaban J connectivity index is 1.93. The molecule has 1 aromatic heterocycles. The van der Waals surface area contributed by atoms with Gasteiger partial charge >= 0.3 is 0 Å². The number of halogens is 1. The van der Waals surface area contributed by atoms with Gasteiger partial charge in [0.05, 0.1) is 17.0 Å². The Kier molecular flexibility index (Phi) is 5.82. The second-order valence-corrected chi connectivity index (χ2v) is 5.64. The highest BCUT2D eigenvalue weighted by atomic mass is 35.5. The summed E-state index contributed by atoms with van der Waals surface area (Å²) >= 11 is 7.31. The monoisotopic (exact) mass is 319 g/mol. The second kappa shape index (κ2) is 7.84. The van der Waals surface area contributed by atoms with Crippen LogP contribution >= 0.6 is 22.9 Å².